The van der Waals surface area contributed by atoms with Crippen LogP contribution in [-0.2, 0) is 6.54 Å². The molecule has 8 heteroatoms. The molecule has 8 nitrogen and oxygen atoms in total. The van der Waals surface area contributed by atoms with Gasteiger partial charge < -0.3 is 19.5 Å². The third-order valence-corrected chi connectivity index (χ3v) is 7.25. The van der Waals surface area contributed by atoms with Crippen molar-refractivity contribution in [3.63, 3.8) is 0 Å². The first-order valence-electron chi connectivity index (χ1n) is 12.8. The highest BCUT2D eigenvalue weighted by atomic mass is 16.5. The summed E-state index contributed by atoms with van der Waals surface area (Å²) in [5, 5.41) is 8.82. The number of para-hydroxylation sites is 1. The molecule has 0 bridgehead atoms. The van der Waals surface area contributed by atoms with E-state index in [1.807, 2.05) is 61.5 Å². The van der Waals surface area contributed by atoms with E-state index in [1.54, 1.807) is 0 Å². The van der Waals surface area contributed by atoms with E-state index in [4.69, 9.17) is 14.2 Å². The van der Waals surface area contributed by atoms with Gasteiger partial charge in [0, 0.05) is 49.9 Å². The van der Waals surface area contributed by atoms with Crippen molar-refractivity contribution in [3.05, 3.63) is 72.1 Å². The van der Waals surface area contributed by atoms with E-state index in [-0.39, 0.29) is 0 Å². The van der Waals surface area contributed by atoms with Gasteiger partial charge in [0.2, 0.25) is 5.88 Å². The summed E-state index contributed by atoms with van der Waals surface area (Å²) in [5.74, 6) is 3.04. The predicted molar refractivity (Wildman–Crippen MR) is 140 cm³/mol. The molecule has 3 aromatic heterocycles. The maximum absolute atomic E-state index is 6.15. The van der Waals surface area contributed by atoms with Crippen molar-refractivity contribution in [2.45, 2.75) is 32.4 Å². The van der Waals surface area contributed by atoms with Crippen molar-refractivity contribution in [3.8, 4) is 5.88 Å². The van der Waals surface area contributed by atoms with Crippen LogP contribution in [0.1, 0.15) is 24.2 Å². The molecule has 0 amide bonds. The van der Waals surface area contributed by atoms with Gasteiger partial charge in [-0.1, -0.05) is 29.4 Å². The minimum Gasteiger partial charge on any atom is -0.477 e. The van der Waals surface area contributed by atoms with Gasteiger partial charge in [0.25, 0.3) is 0 Å². The molecule has 1 N–H and O–H groups in total. The third-order valence-electron chi connectivity index (χ3n) is 7.25. The number of ether oxygens (including phenoxy) is 1. The van der Waals surface area contributed by atoms with Gasteiger partial charge >= 0.3 is 0 Å². The van der Waals surface area contributed by atoms with Gasteiger partial charge in [0.05, 0.1) is 24.2 Å². The number of rotatable bonds is 7. The molecule has 1 aromatic carbocycles. The molecule has 5 heterocycles. The zero-order chi connectivity index (χ0) is 24.3. The van der Waals surface area contributed by atoms with Crippen molar-refractivity contribution in [1.82, 2.24) is 20.0 Å². The molecule has 0 aliphatic carbocycles. The van der Waals surface area contributed by atoms with Crippen LogP contribution in [0.15, 0.2) is 65.2 Å². The number of hydrogen-bond donors (Lipinski definition) is 1. The Hall–Kier alpha value is -3.65. The van der Waals surface area contributed by atoms with Crippen molar-refractivity contribution in [1.29, 1.82) is 0 Å². The van der Waals surface area contributed by atoms with Gasteiger partial charge in [-0.25, -0.2) is 9.97 Å². The molecule has 6 rings (SSSR count). The van der Waals surface area contributed by atoms with Gasteiger partial charge in [-0.15, -0.1) is 0 Å². The second kappa shape index (κ2) is 10.1. The minimum atomic E-state index is 0.515. The van der Waals surface area contributed by atoms with Crippen molar-refractivity contribution >= 4 is 22.6 Å². The number of nitrogens with one attached hydrogen (secondary N) is 1. The Kier molecular flexibility index (Phi) is 6.42. The highest BCUT2D eigenvalue weighted by molar-refractivity contribution is 5.88. The summed E-state index contributed by atoms with van der Waals surface area (Å²) in [7, 11) is 0. The zero-order valence-electron chi connectivity index (χ0n) is 20.6. The second-order valence-electron chi connectivity index (χ2n) is 9.84. The van der Waals surface area contributed by atoms with Crippen LogP contribution < -0.4 is 15.0 Å². The molecule has 2 fully saturated rings. The number of nitrogens with zero attached hydrogens (tertiary/aromatic N) is 5. The highest BCUT2D eigenvalue weighted by Crippen LogP contribution is 2.31. The number of aryl methyl sites for hydroxylation is 1. The van der Waals surface area contributed by atoms with Crippen molar-refractivity contribution in [2.24, 2.45) is 5.92 Å². The van der Waals surface area contributed by atoms with Gasteiger partial charge in [-0.05, 0) is 50.1 Å². The van der Waals surface area contributed by atoms with E-state index in [0.717, 1.165) is 66.6 Å². The monoisotopic (exact) mass is 484 g/mol. The fourth-order valence-corrected chi connectivity index (χ4v) is 5.35. The fraction of sp³-hybridized carbons (Fsp3) is 0.393. The Balaban J connectivity index is 1.00. The summed E-state index contributed by atoms with van der Waals surface area (Å²) in [4.78, 5) is 14.2. The molecule has 186 valence electrons. The summed E-state index contributed by atoms with van der Waals surface area (Å²) in [6, 6.07) is 20.6. The van der Waals surface area contributed by atoms with Crippen LogP contribution in [0.25, 0.3) is 11.0 Å². The molecule has 0 unspecified atom stereocenters. The fourth-order valence-electron chi connectivity index (χ4n) is 5.35. The van der Waals surface area contributed by atoms with E-state index in [2.05, 4.69) is 31.3 Å². The van der Waals surface area contributed by atoms with E-state index >= 15 is 0 Å². The first-order valence-corrected chi connectivity index (χ1v) is 12.8. The average Bonchev–Trinajstić information content (AvgIpc) is 3.35. The molecule has 4 aromatic rings. The number of pyridine rings is 2. The standard InChI is InChI=1S/C28H32N6O2/c1-20-6-4-10-26(30-20)29-16-22-7-5-11-27(31-22)35-19-21-12-13-23-18-34(15-14-33(23)17-21)28-24-8-2-3-9-25(24)36-32-28/h2-11,21,23H,12-19H2,1H3,(H,29,30)/t21-,23+/m1/s1. The van der Waals surface area contributed by atoms with E-state index in [1.165, 1.54) is 6.42 Å². The third kappa shape index (κ3) is 4.99. The number of piperazine rings is 1. The molecule has 0 saturated carbocycles. The van der Waals surface area contributed by atoms with Crippen molar-refractivity contribution in [2.75, 3.05) is 43.0 Å². The van der Waals surface area contributed by atoms with Crippen molar-refractivity contribution < 1.29 is 9.26 Å². The molecule has 0 spiro atoms. The predicted octanol–water partition coefficient (Wildman–Crippen LogP) is 4.52. The molecule has 0 radical (unpaired) electrons. The largest absolute Gasteiger partial charge is 0.477 e. The first-order chi connectivity index (χ1) is 17.7. The number of anilines is 2. The smallest absolute Gasteiger partial charge is 0.213 e. The van der Waals surface area contributed by atoms with Gasteiger partial charge in [0.15, 0.2) is 11.4 Å². The van der Waals surface area contributed by atoms with Crippen LogP contribution in [0.4, 0.5) is 11.6 Å². The Morgan fingerprint density at radius 1 is 0.972 bits per heavy atom. The summed E-state index contributed by atoms with van der Waals surface area (Å²) in [6.45, 7) is 7.37. The number of fused-ring (bicyclic) bond motifs is 2. The van der Waals surface area contributed by atoms with Gasteiger partial charge in [-0.2, -0.15) is 0 Å². The summed E-state index contributed by atoms with van der Waals surface area (Å²) in [6.07, 6.45) is 2.33. The second-order valence-corrected chi connectivity index (χ2v) is 9.84. The summed E-state index contributed by atoms with van der Waals surface area (Å²) >= 11 is 0. The first kappa shape index (κ1) is 22.8. The summed E-state index contributed by atoms with van der Waals surface area (Å²) < 4.78 is 11.7. The zero-order valence-corrected chi connectivity index (χ0v) is 20.6. The Morgan fingerprint density at radius 2 is 1.89 bits per heavy atom. The molecular formula is C28H32N6O2. The van der Waals surface area contributed by atoms with E-state index < -0.39 is 0 Å². The molecule has 2 atom stereocenters. The lowest BCUT2D eigenvalue weighted by molar-refractivity contribution is 0.0716. The highest BCUT2D eigenvalue weighted by Gasteiger charge is 2.34. The molecule has 36 heavy (non-hydrogen) atoms. The van der Waals surface area contributed by atoms with Crippen LogP contribution in [0.3, 0.4) is 0 Å². The Morgan fingerprint density at radius 3 is 2.83 bits per heavy atom. The van der Waals surface area contributed by atoms with Crippen LogP contribution in [-0.4, -0.2) is 58.9 Å². The number of hydrogen-bond acceptors (Lipinski definition) is 8. The lowest BCUT2D eigenvalue weighted by Crippen LogP contribution is -2.57. The molecule has 2 aliphatic rings. The van der Waals surface area contributed by atoms with Gasteiger partial charge in [0.1, 0.15) is 5.82 Å². The van der Waals surface area contributed by atoms with E-state index in [0.29, 0.717) is 31.0 Å². The number of piperidine rings is 1. The molecule has 2 aliphatic heterocycles. The molecule has 2 saturated heterocycles. The van der Waals surface area contributed by atoms with E-state index in [9.17, 15) is 0 Å². The van der Waals surface area contributed by atoms with Crippen LogP contribution in [0.2, 0.25) is 0 Å². The van der Waals surface area contributed by atoms with Crippen LogP contribution in [0, 0.1) is 12.8 Å². The topological polar surface area (TPSA) is 79.5 Å². The lowest BCUT2D eigenvalue weighted by Gasteiger charge is -2.46. The SMILES string of the molecule is Cc1cccc(NCc2cccc(OC[C@@H]3CC[C@H]4CN(c5noc6ccccc56)CCN4C3)n2)n1. The Labute approximate surface area is 211 Å². The van der Waals surface area contributed by atoms with Crippen LogP contribution >= 0.6 is 0 Å². The Bertz CT molecular complexity index is 1320. The number of aromatic nitrogens is 3. The molecular weight excluding hydrogens is 452 g/mol. The maximum Gasteiger partial charge on any atom is 0.213 e. The minimum absolute atomic E-state index is 0.515. The summed E-state index contributed by atoms with van der Waals surface area (Å²) in [5.41, 5.74) is 2.79. The van der Waals surface area contributed by atoms with Crippen LogP contribution in [0.5, 0.6) is 5.88 Å². The quantitative estimate of drug-likeness (QED) is 0.410. The number of benzene rings is 1. The maximum atomic E-state index is 6.15. The average molecular weight is 485 g/mol. The normalized spacial score (nSPS) is 20.3. The van der Waals surface area contributed by atoms with Gasteiger partial charge in [-0.3, -0.25) is 4.90 Å². The lowest BCUT2D eigenvalue weighted by atomic mass is 9.91.